The first-order chi connectivity index (χ1) is 13.8. The zero-order chi connectivity index (χ0) is 22.2. The molecular formula is C18H34N4O7. The van der Waals surface area contributed by atoms with E-state index in [1.165, 1.54) is 0 Å². The molecule has 0 saturated heterocycles. The van der Waals surface area contributed by atoms with Gasteiger partial charge in [-0.2, -0.15) is 0 Å². The van der Waals surface area contributed by atoms with Crippen LogP contribution in [0.25, 0.3) is 0 Å². The zero-order valence-corrected chi connectivity index (χ0v) is 16.9. The largest absolute Gasteiger partial charge is 0.480 e. The fourth-order valence-corrected chi connectivity index (χ4v) is 2.52. The lowest BCUT2D eigenvalue weighted by molar-refractivity contribution is -0.143. The summed E-state index contributed by atoms with van der Waals surface area (Å²) in [7, 11) is 0. The molecule has 11 nitrogen and oxygen atoms in total. The standard InChI is InChI=1S/C18H34N4O7/c1-2-3-4-5-6-7-15(25)20-12(8-9-19)16(26)21-13(10-23)17(27)22-14(11-24)18(28)29/h12-14,23-24H,2-11,19H2,1H3,(H,20,25)(H,21,26)(H,22,27)(H,28,29)/t12-,13-,14+/m0/s1. The molecule has 8 N–H and O–H groups in total. The first-order valence-corrected chi connectivity index (χ1v) is 9.85. The molecule has 0 aromatic heterocycles. The van der Waals surface area contributed by atoms with Gasteiger partial charge in [0, 0.05) is 6.42 Å². The van der Waals surface area contributed by atoms with Crippen molar-refractivity contribution in [1.29, 1.82) is 0 Å². The minimum Gasteiger partial charge on any atom is -0.480 e. The second-order valence-corrected chi connectivity index (χ2v) is 6.69. The topological polar surface area (TPSA) is 191 Å². The van der Waals surface area contributed by atoms with Crippen molar-refractivity contribution in [1.82, 2.24) is 16.0 Å². The highest BCUT2D eigenvalue weighted by Gasteiger charge is 2.28. The van der Waals surface area contributed by atoms with Crippen LogP contribution in [-0.2, 0) is 19.2 Å². The monoisotopic (exact) mass is 418 g/mol. The molecule has 0 radical (unpaired) electrons. The predicted molar refractivity (Wildman–Crippen MR) is 105 cm³/mol. The Labute approximate surface area is 170 Å². The lowest BCUT2D eigenvalue weighted by Crippen LogP contribution is -2.57. The van der Waals surface area contributed by atoms with Crippen molar-refractivity contribution in [2.24, 2.45) is 5.73 Å². The Bertz CT molecular complexity index is 530. The molecular weight excluding hydrogens is 384 g/mol. The summed E-state index contributed by atoms with van der Waals surface area (Å²) >= 11 is 0. The lowest BCUT2D eigenvalue weighted by Gasteiger charge is -2.22. The average molecular weight is 418 g/mol. The van der Waals surface area contributed by atoms with E-state index in [4.69, 9.17) is 15.9 Å². The number of aliphatic hydroxyl groups is 2. The number of carboxylic acids is 1. The highest BCUT2D eigenvalue weighted by Crippen LogP contribution is 2.05. The minimum atomic E-state index is -1.57. The van der Waals surface area contributed by atoms with Gasteiger partial charge in [0.2, 0.25) is 17.7 Å². The molecule has 0 bridgehead atoms. The second kappa shape index (κ2) is 15.7. The van der Waals surface area contributed by atoms with Crippen molar-refractivity contribution in [2.75, 3.05) is 19.8 Å². The van der Waals surface area contributed by atoms with Gasteiger partial charge < -0.3 is 37.0 Å². The lowest BCUT2D eigenvalue weighted by atomic mass is 10.1. The maximum Gasteiger partial charge on any atom is 0.328 e. The van der Waals surface area contributed by atoms with E-state index in [2.05, 4.69) is 17.6 Å². The van der Waals surface area contributed by atoms with Crippen molar-refractivity contribution >= 4 is 23.7 Å². The Morgan fingerprint density at radius 3 is 1.90 bits per heavy atom. The molecule has 0 fully saturated rings. The number of rotatable bonds is 16. The number of carbonyl (C=O) groups is 4. The molecule has 168 valence electrons. The molecule has 3 atom stereocenters. The van der Waals surface area contributed by atoms with Gasteiger partial charge in [0.05, 0.1) is 13.2 Å². The Hall–Kier alpha value is -2.24. The number of aliphatic carboxylic acids is 1. The van der Waals surface area contributed by atoms with E-state index in [-0.39, 0.29) is 25.3 Å². The molecule has 0 unspecified atom stereocenters. The van der Waals surface area contributed by atoms with Gasteiger partial charge in [-0.3, -0.25) is 14.4 Å². The van der Waals surface area contributed by atoms with E-state index in [1.807, 2.05) is 5.32 Å². The van der Waals surface area contributed by atoms with E-state index >= 15 is 0 Å². The summed E-state index contributed by atoms with van der Waals surface area (Å²) in [4.78, 5) is 47.4. The number of unbranched alkanes of at least 4 members (excludes halogenated alkanes) is 4. The third kappa shape index (κ3) is 11.4. The molecule has 0 aromatic carbocycles. The van der Waals surface area contributed by atoms with Crippen LogP contribution in [0.5, 0.6) is 0 Å². The van der Waals surface area contributed by atoms with Gasteiger partial charge in [0.15, 0.2) is 0 Å². The van der Waals surface area contributed by atoms with Gasteiger partial charge >= 0.3 is 5.97 Å². The third-order valence-corrected chi connectivity index (χ3v) is 4.23. The Morgan fingerprint density at radius 1 is 0.828 bits per heavy atom. The molecule has 11 heteroatoms. The fraction of sp³-hybridized carbons (Fsp3) is 0.778. The van der Waals surface area contributed by atoms with Crippen LogP contribution in [0.4, 0.5) is 0 Å². The Kier molecular flexibility index (Phi) is 14.4. The quantitative estimate of drug-likeness (QED) is 0.143. The summed E-state index contributed by atoms with van der Waals surface area (Å²) in [6.45, 7) is 0.554. The third-order valence-electron chi connectivity index (χ3n) is 4.23. The van der Waals surface area contributed by atoms with Crippen LogP contribution in [0.15, 0.2) is 0 Å². The van der Waals surface area contributed by atoms with Crippen LogP contribution in [-0.4, -0.2) is 76.9 Å². The number of nitrogens with one attached hydrogen (secondary N) is 3. The Morgan fingerprint density at radius 2 is 1.38 bits per heavy atom. The van der Waals surface area contributed by atoms with Crippen molar-refractivity contribution in [3.05, 3.63) is 0 Å². The summed E-state index contributed by atoms with van der Waals surface area (Å²) in [5.41, 5.74) is 5.49. The minimum absolute atomic E-state index is 0.108. The summed E-state index contributed by atoms with van der Waals surface area (Å²) in [6.07, 6.45) is 5.23. The molecule has 0 spiro atoms. The maximum atomic E-state index is 12.4. The number of carboxylic acid groups (broad SMARTS) is 1. The van der Waals surface area contributed by atoms with Crippen LogP contribution in [0, 0.1) is 0 Å². The van der Waals surface area contributed by atoms with Crippen LogP contribution >= 0.6 is 0 Å². The number of aliphatic hydroxyl groups excluding tert-OH is 2. The predicted octanol–water partition coefficient (Wildman–Crippen LogP) is -1.78. The van der Waals surface area contributed by atoms with E-state index in [0.717, 1.165) is 25.7 Å². The van der Waals surface area contributed by atoms with Crippen molar-refractivity contribution in [3.63, 3.8) is 0 Å². The van der Waals surface area contributed by atoms with Crippen molar-refractivity contribution in [3.8, 4) is 0 Å². The van der Waals surface area contributed by atoms with Gasteiger partial charge in [0.25, 0.3) is 0 Å². The molecule has 0 aromatic rings. The summed E-state index contributed by atoms with van der Waals surface area (Å²) in [6, 6.07) is -4.00. The SMILES string of the molecule is CCCCCCCC(=O)N[C@@H](CCN)C(=O)N[C@@H](CO)C(=O)N[C@H](CO)C(=O)O. The van der Waals surface area contributed by atoms with E-state index < -0.39 is 49.1 Å². The first kappa shape index (κ1) is 26.8. The number of hydrogen-bond acceptors (Lipinski definition) is 7. The summed E-state index contributed by atoms with van der Waals surface area (Å²) < 4.78 is 0. The molecule has 0 rings (SSSR count). The first-order valence-electron chi connectivity index (χ1n) is 9.85. The maximum absolute atomic E-state index is 12.4. The molecule has 3 amide bonds. The van der Waals surface area contributed by atoms with E-state index in [0.29, 0.717) is 6.42 Å². The fourth-order valence-electron chi connectivity index (χ4n) is 2.52. The van der Waals surface area contributed by atoms with Crippen LogP contribution in [0.1, 0.15) is 51.9 Å². The number of nitrogens with two attached hydrogens (primary N) is 1. The smallest absolute Gasteiger partial charge is 0.328 e. The van der Waals surface area contributed by atoms with Gasteiger partial charge in [-0.15, -0.1) is 0 Å². The number of amides is 3. The average Bonchev–Trinajstić information content (AvgIpc) is 2.68. The van der Waals surface area contributed by atoms with Gasteiger partial charge in [-0.25, -0.2) is 4.79 Å². The highest BCUT2D eigenvalue weighted by molar-refractivity contribution is 5.93. The summed E-state index contributed by atoms with van der Waals surface area (Å²) in [5, 5.41) is 34.0. The summed E-state index contributed by atoms with van der Waals surface area (Å²) in [5.74, 6) is -3.47. The van der Waals surface area contributed by atoms with E-state index in [1.54, 1.807) is 0 Å². The molecule has 0 aliphatic carbocycles. The molecule has 0 saturated carbocycles. The van der Waals surface area contributed by atoms with Crippen molar-refractivity contribution < 1.29 is 34.5 Å². The Balaban J connectivity index is 4.73. The normalized spacial score (nSPS) is 13.8. The van der Waals surface area contributed by atoms with Crippen LogP contribution in [0.2, 0.25) is 0 Å². The number of hydrogen-bond donors (Lipinski definition) is 7. The second-order valence-electron chi connectivity index (χ2n) is 6.69. The van der Waals surface area contributed by atoms with Gasteiger partial charge in [-0.1, -0.05) is 32.6 Å². The highest BCUT2D eigenvalue weighted by atomic mass is 16.4. The van der Waals surface area contributed by atoms with Gasteiger partial charge in [-0.05, 0) is 19.4 Å². The molecule has 0 aliphatic rings. The van der Waals surface area contributed by atoms with Crippen LogP contribution in [0.3, 0.4) is 0 Å². The van der Waals surface area contributed by atoms with E-state index in [9.17, 15) is 24.3 Å². The molecule has 29 heavy (non-hydrogen) atoms. The zero-order valence-electron chi connectivity index (χ0n) is 16.9. The number of carbonyl (C=O) groups excluding carboxylic acids is 3. The van der Waals surface area contributed by atoms with Gasteiger partial charge in [0.1, 0.15) is 18.1 Å². The van der Waals surface area contributed by atoms with Crippen molar-refractivity contribution in [2.45, 2.75) is 70.0 Å². The molecule has 0 heterocycles. The molecule has 0 aliphatic heterocycles. The van der Waals surface area contributed by atoms with Crippen LogP contribution < -0.4 is 21.7 Å².